The molecule has 1 saturated carbocycles. The fourth-order valence-corrected chi connectivity index (χ4v) is 9.84. The van der Waals surface area contributed by atoms with Crippen LogP contribution in [0.25, 0.3) is 11.1 Å². The predicted molar refractivity (Wildman–Crippen MR) is 135 cm³/mol. The molecule has 0 unspecified atom stereocenters. The van der Waals surface area contributed by atoms with Crippen LogP contribution in [0.1, 0.15) is 63.9 Å². The molecule has 31 heavy (non-hydrogen) atoms. The lowest BCUT2D eigenvalue weighted by Gasteiger charge is -2.37. The zero-order valence-corrected chi connectivity index (χ0v) is 21.0. The van der Waals surface area contributed by atoms with Gasteiger partial charge in [-0.05, 0) is 78.3 Å². The molecule has 2 aromatic rings. The Balaban J connectivity index is 1.23. The fraction of sp³-hybridized carbons (Fsp3) is 0.571. The number of aryl methyl sites for hydroxylation is 1. The maximum atomic E-state index is 14.7. The van der Waals surface area contributed by atoms with Crippen molar-refractivity contribution in [1.29, 1.82) is 0 Å². The van der Waals surface area contributed by atoms with Gasteiger partial charge < -0.3 is 0 Å². The molecular weight excluding hydrogens is 419 g/mol. The minimum absolute atomic E-state index is 0.0610. The van der Waals surface area contributed by atoms with Crippen LogP contribution < -0.4 is 0 Å². The van der Waals surface area contributed by atoms with E-state index >= 15 is 0 Å². The van der Waals surface area contributed by atoms with Crippen molar-refractivity contribution in [2.45, 2.75) is 82.8 Å². The minimum atomic E-state index is -0.350. The van der Waals surface area contributed by atoms with Gasteiger partial charge in [0.15, 0.2) is 0 Å². The Morgan fingerprint density at radius 3 is 2.16 bits per heavy atom. The SMILES string of the molecule is CCC[SiH]1CCC([C@H]2CC[C@H](CCc3ccc(-c4ccc(Cl)cc4)cc3F)CC2)CC1. The summed E-state index contributed by atoms with van der Waals surface area (Å²) in [5.74, 6) is 2.74. The molecule has 0 aromatic heterocycles. The highest BCUT2D eigenvalue weighted by atomic mass is 35.5. The number of rotatable bonds is 7. The molecule has 1 heterocycles. The number of hydrogen-bond donors (Lipinski definition) is 0. The standard InChI is InChI=1S/C28H38ClFSi/c1-2-17-31-18-15-24(16-19-31)22-6-3-21(4-7-22)5-8-25-9-10-26(20-28(25)30)23-11-13-27(29)14-12-23/h9-14,20-22,24,31H,2-8,15-19H2,1H3/t21-,22-,24?,31?. The summed E-state index contributed by atoms with van der Waals surface area (Å²) in [6.07, 6.45) is 12.1. The Bertz CT molecular complexity index is 817. The summed E-state index contributed by atoms with van der Waals surface area (Å²) in [5.41, 5.74) is 2.81. The molecule has 3 heteroatoms. The summed E-state index contributed by atoms with van der Waals surface area (Å²) in [5, 5.41) is 0.710. The van der Waals surface area contributed by atoms with Gasteiger partial charge in [0.05, 0.1) is 0 Å². The molecule has 0 spiro atoms. The molecule has 1 aliphatic heterocycles. The minimum Gasteiger partial charge on any atom is -0.207 e. The van der Waals surface area contributed by atoms with Gasteiger partial charge in [-0.3, -0.25) is 0 Å². The van der Waals surface area contributed by atoms with Crippen LogP contribution in [0.4, 0.5) is 4.39 Å². The van der Waals surface area contributed by atoms with Crippen LogP contribution in [0.5, 0.6) is 0 Å². The van der Waals surface area contributed by atoms with Crippen LogP contribution in [-0.2, 0) is 6.42 Å². The predicted octanol–water partition coefficient (Wildman–Crippen LogP) is 8.93. The van der Waals surface area contributed by atoms with E-state index in [0.717, 1.165) is 47.3 Å². The second-order valence-corrected chi connectivity index (χ2v) is 14.1. The van der Waals surface area contributed by atoms with Gasteiger partial charge >= 0.3 is 0 Å². The molecule has 4 rings (SSSR count). The lowest BCUT2D eigenvalue weighted by molar-refractivity contribution is 0.186. The normalized spacial score (nSPS) is 26.7. The maximum absolute atomic E-state index is 14.7. The largest absolute Gasteiger partial charge is 0.207 e. The molecular formula is C28H38ClFSi. The van der Waals surface area contributed by atoms with Gasteiger partial charge in [-0.15, -0.1) is 0 Å². The van der Waals surface area contributed by atoms with Gasteiger partial charge in [-0.1, -0.05) is 93.0 Å². The number of benzene rings is 2. The number of hydrogen-bond acceptors (Lipinski definition) is 0. The highest BCUT2D eigenvalue weighted by molar-refractivity contribution is 6.58. The van der Waals surface area contributed by atoms with Gasteiger partial charge in [0, 0.05) is 13.8 Å². The lowest BCUT2D eigenvalue weighted by Crippen LogP contribution is -2.28. The monoisotopic (exact) mass is 456 g/mol. The zero-order chi connectivity index (χ0) is 21.6. The van der Waals surface area contributed by atoms with E-state index in [9.17, 15) is 4.39 Å². The van der Waals surface area contributed by atoms with E-state index in [1.54, 1.807) is 24.2 Å². The van der Waals surface area contributed by atoms with Gasteiger partial charge in [0.1, 0.15) is 5.82 Å². The first-order valence-electron chi connectivity index (χ1n) is 12.7. The van der Waals surface area contributed by atoms with Crippen LogP contribution in [-0.4, -0.2) is 8.80 Å². The highest BCUT2D eigenvalue weighted by Crippen LogP contribution is 2.42. The molecule has 2 aromatic carbocycles. The van der Waals surface area contributed by atoms with Crippen molar-refractivity contribution in [3.8, 4) is 11.1 Å². The van der Waals surface area contributed by atoms with Crippen LogP contribution >= 0.6 is 11.6 Å². The summed E-state index contributed by atoms with van der Waals surface area (Å²) >= 11 is 5.97. The third kappa shape index (κ3) is 6.23. The highest BCUT2D eigenvalue weighted by Gasteiger charge is 2.30. The Morgan fingerprint density at radius 1 is 0.871 bits per heavy atom. The summed E-state index contributed by atoms with van der Waals surface area (Å²) < 4.78 is 14.7. The van der Waals surface area contributed by atoms with Gasteiger partial charge in [-0.25, -0.2) is 4.39 Å². The Labute approximate surface area is 195 Å². The smallest absolute Gasteiger partial charge is 0.127 e. The van der Waals surface area contributed by atoms with E-state index in [1.807, 2.05) is 30.3 Å². The van der Waals surface area contributed by atoms with E-state index in [-0.39, 0.29) is 14.6 Å². The van der Waals surface area contributed by atoms with Gasteiger partial charge in [0.2, 0.25) is 0 Å². The average Bonchev–Trinajstić information content (AvgIpc) is 2.80. The molecule has 0 amide bonds. The van der Waals surface area contributed by atoms with Crippen LogP contribution in [0, 0.1) is 23.6 Å². The van der Waals surface area contributed by atoms with Crippen molar-refractivity contribution in [1.82, 2.24) is 0 Å². The molecule has 0 nitrogen and oxygen atoms in total. The molecule has 1 saturated heterocycles. The van der Waals surface area contributed by atoms with Crippen LogP contribution in [0.2, 0.25) is 23.2 Å². The van der Waals surface area contributed by atoms with E-state index < -0.39 is 0 Å². The van der Waals surface area contributed by atoms with Gasteiger partial charge in [-0.2, -0.15) is 0 Å². The van der Waals surface area contributed by atoms with E-state index in [1.165, 1.54) is 44.9 Å². The van der Waals surface area contributed by atoms with E-state index in [0.29, 0.717) is 5.02 Å². The lowest BCUT2D eigenvalue weighted by atomic mass is 9.73. The van der Waals surface area contributed by atoms with Crippen molar-refractivity contribution in [3.63, 3.8) is 0 Å². The third-order valence-electron chi connectivity index (χ3n) is 8.20. The molecule has 0 radical (unpaired) electrons. The van der Waals surface area contributed by atoms with Crippen molar-refractivity contribution in [2.24, 2.45) is 17.8 Å². The molecule has 2 fully saturated rings. The second-order valence-electron chi connectivity index (χ2n) is 10.2. The first kappa shape index (κ1) is 23.0. The summed E-state index contributed by atoms with van der Waals surface area (Å²) in [6, 6.07) is 18.2. The molecule has 1 aliphatic carbocycles. The Hall–Kier alpha value is -1.12. The Morgan fingerprint density at radius 2 is 1.52 bits per heavy atom. The van der Waals surface area contributed by atoms with E-state index in [4.69, 9.17) is 11.6 Å². The maximum Gasteiger partial charge on any atom is 0.127 e. The molecule has 168 valence electrons. The van der Waals surface area contributed by atoms with Gasteiger partial charge in [0.25, 0.3) is 0 Å². The van der Waals surface area contributed by atoms with Crippen molar-refractivity contribution in [3.05, 3.63) is 58.9 Å². The number of halogens is 2. The first-order valence-corrected chi connectivity index (χ1v) is 15.5. The quantitative estimate of drug-likeness (QED) is 0.364. The molecule has 0 atom stereocenters. The molecule has 0 N–H and O–H groups in total. The topological polar surface area (TPSA) is 0 Å². The molecule has 2 aliphatic rings. The van der Waals surface area contributed by atoms with Crippen LogP contribution in [0.3, 0.4) is 0 Å². The first-order chi connectivity index (χ1) is 15.1. The van der Waals surface area contributed by atoms with Crippen molar-refractivity contribution < 1.29 is 4.39 Å². The van der Waals surface area contributed by atoms with E-state index in [2.05, 4.69) is 13.0 Å². The molecule has 0 bridgehead atoms. The summed E-state index contributed by atoms with van der Waals surface area (Å²) in [4.78, 5) is 0. The summed E-state index contributed by atoms with van der Waals surface area (Å²) in [7, 11) is -0.350. The second kappa shape index (κ2) is 11.1. The fourth-order valence-electron chi connectivity index (χ4n) is 6.24. The zero-order valence-electron chi connectivity index (χ0n) is 19.1. The third-order valence-corrected chi connectivity index (χ3v) is 12.1. The summed E-state index contributed by atoms with van der Waals surface area (Å²) in [6.45, 7) is 2.36. The Kier molecular flexibility index (Phi) is 8.28. The van der Waals surface area contributed by atoms with Crippen molar-refractivity contribution in [2.75, 3.05) is 0 Å². The average molecular weight is 457 g/mol. The van der Waals surface area contributed by atoms with Crippen molar-refractivity contribution >= 4 is 20.4 Å². The van der Waals surface area contributed by atoms with Crippen LogP contribution in [0.15, 0.2) is 42.5 Å².